The molecule has 1 fully saturated rings. The van der Waals surface area contributed by atoms with Crippen molar-refractivity contribution in [1.29, 1.82) is 0 Å². The molecule has 0 unspecified atom stereocenters. The van der Waals surface area contributed by atoms with E-state index in [1.807, 2.05) is 18.2 Å². The molecule has 1 aromatic carbocycles. The number of nitrogens with zero attached hydrogens (tertiary/aromatic N) is 2. The Kier molecular flexibility index (Phi) is 6.25. The van der Waals surface area contributed by atoms with Gasteiger partial charge in [0.25, 0.3) is 0 Å². The van der Waals surface area contributed by atoms with Crippen molar-refractivity contribution in [3.8, 4) is 0 Å². The molecule has 1 saturated heterocycles. The number of rotatable bonds is 5. The molecule has 3 rings (SSSR count). The Labute approximate surface area is 158 Å². The number of piperidine rings is 1. The lowest BCUT2D eigenvalue weighted by molar-refractivity contribution is 0.0600. The molecule has 2 N–H and O–H groups in total. The number of pyridine rings is 1. The van der Waals surface area contributed by atoms with E-state index in [4.69, 9.17) is 0 Å². The number of aromatic nitrogens is 1. The fourth-order valence-corrected chi connectivity index (χ4v) is 3.09. The van der Waals surface area contributed by atoms with Crippen molar-refractivity contribution in [3.63, 3.8) is 0 Å². The molecule has 2 heterocycles. The van der Waals surface area contributed by atoms with Crippen molar-refractivity contribution < 1.29 is 14.3 Å². The molecule has 1 aromatic heterocycles. The fourth-order valence-electron chi connectivity index (χ4n) is 3.09. The first-order valence-corrected chi connectivity index (χ1v) is 9.03. The molecule has 1 aliphatic rings. The molecule has 0 bridgehead atoms. The molecular weight excluding hydrogens is 344 g/mol. The molecule has 7 heteroatoms. The van der Waals surface area contributed by atoms with Crippen LogP contribution in [0.15, 0.2) is 48.7 Å². The van der Waals surface area contributed by atoms with E-state index in [2.05, 4.69) is 25.3 Å². The summed E-state index contributed by atoms with van der Waals surface area (Å²) in [6.07, 6.45) is 3.57. The summed E-state index contributed by atoms with van der Waals surface area (Å²) in [4.78, 5) is 30.2. The van der Waals surface area contributed by atoms with E-state index >= 15 is 0 Å². The quantitative estimate of drug-likeness (QED) is 0.792. The highest BCUT2D eigenvalue weighted by Crippen LogP contribution is 2.17. The number of carbonyl (C=O) groups excluding carboxylic acids is 2. The summed E-state index contributed by atoms with van der Waals surface area (Å²) in [5, 5.41) is 5.89. The molecule has 0 radical (unpaired) electrons. The van der Waals surface area contributed by atoms with Gasteiger partial charge in [-0.1, -0.05) is 18.2 Å². The Balaban J connectivity index is 1.40. The van der Waals surface area contributed by atoms with Gasteiger partial charge in [0.1, 0.15) is 5.82 Å². The van der Waals surface area contributed by atoms with Gasteiger partial charge in [0.05, 0.1) is 12.7 Å². The third-order valence-electron chi connectivity index (χ3n) is 4.63. The van der Waals surface area contributed by atoms with E-state index in [0.717, 1.165) is 37.3 Å². The number of ether oxygens (including phenoxy) is 1. The lowest BCUT2D eigenvalue weighted by Crippen LogP contribution is -2.47. The summed E-state index contributed by atoms with van der Waals surface area (Å²) in [5.74, 6) is 0.611. The first kappa shape index (κ1) is 18.7. The molecule has 7 nitrogen and oxygen atoms in total. The van der Waals surface area contributed by atoms with Crippen LogP contribution in [-0.4, -0.2) is 43.2 Å². The van der Waals surface area contributed by atoms with E-state index in [9.17, 15) is 9.59 Å². The van der Waals surface area contributed by atoms with Crippen LogP contribution in [0.4, 0.5) is 10.6 Å². The van der Waals surface area contributed by atoms with Crippen molar-refractivity contribution in [2.24, 2.45) is 0 Å². The molecule has 0 spiro atoms. The highest BCUT2D eigenvalue weighted by molar-refractivity contribution is 5.89. The maximum Gasteiger partial charge on any atom is 0.337 e. The average molecular weight is 368 g/mol. The molecule has 1 aliphatic heterocycles. The second-order valence-electron chi connectivity index (χ2n) is 6.46. The monoisotopic (exact) mass is 368 g/mol. The van der Waals surface area contributed by atoms with Gasteiger partial charge >= 0.3 is 12.0 Å². The maximum absolute atomic E-state index is 12.1. The largest absolute Gasteiger partial charge is 0.465 e. The number of hydrogen-bond donors (Lipinski definition) is 2. The lowest BCUT2D eigenvalue weighted by Gasteiger charge is -2.33. The zero-order valence-corrected chi connectivity index (χ0v) is 15.4. The average Bonchev–Trinajstić information content (AvgIpc) is 2.73. The number of esters is 1. The van der Waals surface area contributed by atoms with Crippen LogP contribution in [0.3, 0.4) is 0 Å². The Bertz CT molecular complexity index is 757. The topological polar surface area (TPSA) is 83.6 Å². The van der Waals surface area contributed by atoms with Gasteiger partial charge in [-0.15, -0.1) is 0 Å². The van der Waals surface area contributed by atoms with Gasteiger partial charge in [0, 0.05) is 31.9 Å². The minimum absolute atomic E-state index is 0.159. The van der Waals surface area contributed by atoms with Crippen LogP contribution < -0.4 is 15.5 Å². The summed E-state index contributed by atoms with van der Waals surface area (Å²) in [5.41, 5.74) is 1.41. The van der Waals surface area contributed by atoms with Gasteiger partial charge in [0.2, 0.25) is 0 Å². The number of urea groups is 1. The van der Waals surface area contributed by atoms with E-state index in [-0.39, 0.29) is 18.0 Å². The number of hydrogen-bond acceptors (Lipinski definition) is 5. The van der Waals surface area contributed by atoms with E-state index < -0.39 is 0 Å². The van der Waals surface area contributed by atoms with Crippen molar-refractivity contribution >= 4 is 17.8 Å². The van der Waals surface area contributed by atoms with Crippen LogP contribution in [-0.2, 0) is 11.3 Å². The van der Waals surface area contributed by atoms with Gasteiger partial charge in [-0.25, -0.2) is 14.6 Å². The van der Waals surface area contributed by atoms with Crippen LogP contribution in [0.25, 0.3) is 0 Å². The summed E-state index contributed by atoms with van der Waals surface area (Å²) in [6.45, 7) is 2.15. The number of nitrogens with one attached hydrogen (secondary N) is 2. The van der Waals surface area contributed by atoms with E-state index in [1.165, 1.54) is 7.11 Å². The molecule has 27 heavy (non-hydrogen) atoms. The van der Waals surface area contributed by atoms with Crippen molar-refractivity contribution in [1.82, 2.24) is 15.6 Å². The van der Waals surface area contributed by atoms with Crippen LogP contribution in [0.2, 0.25) is 0 Å². The number of carbonyl (C=O) groups is 2. The highest BCUT2D eigenvalue weighted by Gasteiger charge is 2.21. The fraction of sp³-hybridized carbons (Fsp3) is 0.350. The van der Waals surface area contributed by atoms with Gasteiger partial charge in [-0.2, -0.15) is 0 Å². The smallest absolute Gasteiger partial charge is 0.337 e. The van der Waals surface area contributed by atoms with E-state index in [0.29, 0.717) is 12.1 Å². The number of anilines is 1. The molecule has 0 atom stereocenters. The van der Waals surface area contributed by atoms with Crippen molar-refractivity contribution in [2.45, 2.75) is 25.4 Å². The lowest BCUT2D eigenvalue weighted by atomic mass is 10.1. The number of benzene rings is 1. The molecule has 2 amide bonds. The van der Waals surface area contributed by atoms with Crippen molar-refractivity contribution in [2.75, 3.05) is 25.1 Å². The maximum atomic E-state index is 12.1. The second kappa shape index (κ2) is 9.02. The Morgan fingerprint density at radius 1 is 1.15 bits per heavy atom. The third-order valence-corrected chi connectivity index (χ3v) is 4.63. The molecule has 2 aromatic rings. The third kappa shape index (κ3) is 5.20. The summed E-state index contributed by atoms with van der Waals surface area (Å²) < 4.78 is 4.67. The highest BCUT2D eigenvalue weighted by atomic mass is 16.5. The Morgan fingerprint density at radius 2 is 1.89 bits per heavy atom. The summed E-state index contributed by atoms with van der Waals surface area (Å²) in [6, 6.07) is 12.9. The van der Waals surface area contributed by atoms with Gasteiger partial charge in [-0.3, -0.25) is 0 Å². The zero-order chi connectivity index (χ0) is 19.1. The van der Waals surface area contributed by atoms with Crippen LogP contribution in [0.5, 0.6) is 0 Å². The van der Waals surface area contributed by atoms with Gasteiger partial charge in [-0.05, 0) is 42.7 Å². The SMILES string of the molecule is COC(=O)c1ccc(CNC(=O)NC2CCN(c3ccccn3)CC2)cc1. The zero-order valence-electron chi connectivity index (χ0n) is 15.4. The summed E-state index contributed by atoms with van der Waals surface area (Å²) in [7, 11) is 1.35. The normalized spacial score (nSPS) is 14.5. The van der Waals surface area contributed by atoms with Crippen LogP contribution in [0, 0.1) is 0 Å². The van der Waals surface area contributed by atoms with Gasteiger partial charge in [0.15, 0.2) is 0 Å². The first-order chi connectivity index (χ1) is 13.2. The Hall–Kier alpha value is -3.09. The summed E-state index contributed by atoms with van der Waals surface area (Å²) >= 11 is 0. The molecular formula is C20H24N4O3. The standard InChI is InChI=1S/C20H24N4O3/c1-27-19(25)16-7-5-15(6-8-16)14-22-20(26)23-17-9-12-24(13-10-17)18-4-2-3-11-21-18/h2-8,11,17H,9-10,12-14H2,1H3,(H2,22,23,26). The second-order valence-corrected chi connectivity index (χ2v) is 6.46. The minimum Gasteiger partial charge on any atom is -0.465 e. The number of methoxy groups -OCH3 is 1. The van der Waals surface area contributed by atoms with Crippen LogP contribution in [0.1, 0.15) is 28.8 Å². The molecule has 0 aliphatic carbocycles. The first-order valence-electron chi connectivity index (χ1n) is 9.03. The predicted molar refractivity (Wildman–Crippen MR) is 103 cm³/mol. The number of amides is 2. The Morgan fingerprint density at radius 3 is 2.52 bits per heavy atom. The van der Waals surface area contributed by atoms with Gasteiger partial charge < -0.3 is 20.3 Å². The molecule has 142 valence electrons. The van der Waals surface area contributed by atoms with E-state index in [1.54, 1.807) is 30.5 Å². The minimum atomic E-state index is -0.371. The van der Waals surface area contributed by atoms with Crippen molar-refractivity contribution in [3.05, 3.63) is 59.8 Å². The van der Waals surface area contributed by atoms with Crippen LogP contribution >= 0.6 is 0 Å². The molecule has 0 saturated carbocycles. The predicted octanol–water partition coefficient (Wildman–Crippen LogP) is 2.34.